The molecule has 1 atom stereocenters. The van der Waals surface area contributed by atoms with Crippen molar-refractivity contribution in [1.29, 1.82) is 0 Å². The number of aromatic nitrogens is 6. The number of nitrogens with one attached hydrogen (secondary N) is 1. The van der Waals surface area contributed by atoms with Gasteiger partial charge in [-0.05, 0) is 30.2 Å². The summed E-state index contributed by atoms with van der Waals surface area (Å²) in [6, 6.07) is 5.36. The Morgan fingerprint density at radius 1 is 1.26 bits per heavy atom. The van der Waals surface area contributed by atoms with E-state index in [9.17, 15) is 26.0 Å². The first-order valence-corrected chi connectivity index (χ1v) is 13.3. The molecule has 1 aliphatic heterocycles. The molecular weight excluding hydrogens is 532 g/mol. The van der Waals surface area contributed by atoms with Crippen LogP contribution in [0.25, 0.3) is 27.7 Å². The summed E-state index contributed by atoms with van der Waals surface area (Å²) in [6.07, 6.45) is 2.33. The molecule has 38 heavy (non-hydrogen) atoms. The van der Waals surface area contributed by atoms with E-state index in [0.717, 1.165) is 22.2 Å². The number of ether oxygens (including phenoxy) is 1. The molecule has 0 unspecified atom stereocenters. The molecule has 1 saturated heterocycles. The van der Waals surface area contributed by atoms with Crippen LogP contribution >= 0.6 is 0 Å². The number of fused-ring (bicyclic) bond motifs is 2. The molecule has 0 aliphatic carbocycles. The normalized spacial score (nSPS) is 18.8. The van der Waals surface area contributed by atoms with E-state index in [-0.39, 0.29) is 24.8 Å². The van der Waals surface area contributed by atoms with Gasteiger partial charge in [0.15, 0.2) is 0 Å². The van der Waals surface area contributed by atoms with Crippen molar-refractivity contribution < 1.29 is 30.7 Å². The highest BCUT2D eigenvalue weighted by Gasteiger charge is 2.47. The third kappa shape index (κ3) is 4.97. The van der Waals surface area contributed by atoms with Crippen molar-refractivity contribution in [3.63, 3.8) is 0 Å². The number of sulfonamides is 1. The lowest BCUT2D eigenvalue weighted by molar-refractivity contribution is -0.0541. The third-order valence-electron chi connectivity index (χ3n) is 6.26. The highest BCUT2D eigenvalue weighted by Crippen LogP contribution is 2.35. The van der Waals surface area contributed by atoms with Crippen LogP contribution in [0.4, 0.5) is 23.5 Å². The molecule has 3 aromatic heterocycles. The number of methoxy groups -OCH3 is 1. The second-order valence-corrected chi connectivity index (χ2v) is 11.3. The van der Waals surface area contributed by atoms with E-state index >= 15 is 0 Å². The first kappa shape index (κ1) is 26.1. The Balaban J connectivity index is 1.48. The molecule has 0 saturated carbocycles. The Labute approximate surface area is 214 Å². The smallest absolute Gasteiger partial charge is 0.281 e. The number of benzene rings is 1. The number of piperidine rings is 1. The van der Waals surface area contributed by atoms with Crippen molar-refractivity contribution in [2.75, 3.05) is 31.8 Å². The van der Waals surface area contributed by atoms with Crippen LogP contribution in [0, 0.1) is 0 Å². The Bertz CT molecular complexity index is 1620. The van der Waals surface area contributed by atoms with Crippen molar-refractivity contribution >= 4 is 32.5 Å². The first-order valence-electron chi connectivity index (χ1n) is 11.5. The molecule has 4 aromatic rings. The summed E-state index contributed by atoms with van der Waals surface area (Å²) in [5, 5.41) is 14.7. The van der Waals surface area contributed by atoms with Crippen LogP contribution in [-0.4, -0.2) is 86.7 Å². The fourth-order valence-electron chi connectivity index (χ4n) is 4.47. The molecule has 1 aromatic carbocycles. The predicted molar refractivity (Wildman–Crippen MR) is 130 cm³/mol. The van der Waals surface area contributed by atoms with Crippen molar-refractivity contribution in [3.05, 3.63) is 30.5 Å². The summed E-state index contributed by atoms with van der Waals surface area (Å²) >= 11 is 0. The number of alkyl halides is 4. The maximum absolute atomic E-state index is 14.8. The van der Waals surface area contributed by atoms with Gasteiger partial charge in [-0.2, -0.15) is 9.29 Å². The molecule has 0 radical (unpaired) electrons. The molecule has 204 valence electrons. The lowest BCUT2D eigenvalue weighted by Gasteiger charge is -2.37. The van der Waals surface area contributed by atoms with Crippen LogP contribution in [0.1, 0.15) is 13.3 Å². The van der Waals surface area contributed by atoms with Crippen LogP contribution in [0.15, 0.2) is 30.5 Å². The minimum Gasteiger partial charge on any atom is -0.479 e. The van der Waals surface area contributed by atoms with Gasteiger partial charge in [0.2, 0.25) is 21.9 Å². The number of hydrogen-bond donors (Lipinski definition) is 1. The average molecular weight is 557 g/mol. The van der Waals surface area contributed by atoms with Gasteiger partial charge >= 0.3 is 0 Å². The Hall–Kier alpha value is -3.53. The SMILES string of the molecule is COc1nc(N[C@@H]2CCN(S(C)(=O)=O)CC2(F)F)nn2ccc(-c3ccc4nnn(CC(C)(F)F)c4c3)c12. The highest BCUT2D eigenvalue weighted by molar-refractivity contribution is 7.88. The van der Waals surface area contributed by atoms with Gasteiger partial charge in [-0.1, -0.05) is 11.3 Å². The van der Waals surface area contributed by atoms with E-state index in [1.54, 1.807) is 30.5 Å². The quantitative estimate of drug-likeness (QED) is 0.345. The maximum atomic E-state index is 14.8. The van der Waals surface area contributed by atoms with Crippen molar-refractivity contribution in [2.45, 2.75) is 37.8 Å². The summed E-state index contributed by atoms with van der Waals surface area (Å²) in [5.74, 6) is -6.39. The zero-order valence-electron chi connectivity index (χ0n) is 20.6. The number of nitrogens with zero attached hydrogens (tertiary/aromatic N) is 7. The molecular formula is C22H24F4N8O3S. The largest absolute Gasteiger partial charge is 0.479 e. The minimum atomic E-state index is -3.75. The zero-order chi connectivity index (χ0) is 27.5. The van der Waals surface area contributed by atoms with Gasteiger partial charge in [0.05, 0.1) is 31.5 Å². The average Bonchev–Trinajstić information content (AvgIpc) is 3.42. The van der Waals surface area contributed by atoms with Gasteiger partial charge in [0.1, 0.15) is 17.6 Å². The molecule has 4 heterocycles. The van der Waals surface area contributed by atoms with Gasteiger partial charge in [-0.15, -0.1) is 10.2 Å². The highest BCUT2D eigenvalue weighted by atomic mass is 32.2. The monoisotopic (exact) mass is 556 g/mol. The fraction of sp³-hybridized carbons (Fsp3) is 0.455. The van der Waals surface area contributed by atoms with Crippen molar-refractivity contribution in [3.8, 4) is 17.0 Å². The Morgan fingerprint density at radius 3 is 2.68 bits per heavy atom. The van der Waals surface area contributed by atoms with Crippen LogP contribution in [0.3, 0.4) is 0 Å². The standard InChI is InChI=1S/C22H24F4N8O3S/c1-21(23,24)11-34-16-10-13(4-5-15(16)29-31-34)14-6-9-33-18(14)19(37-2)28-20(30-33)27-17-7-8-32(38(3,35)36)12-22(17,25)26/h4-6,9-10,17H,7-8,11-12H2,1-3H3,(H,27,30)/t17-/m1/s1. The van der Waals surface area contributed by atoms with E-state index < -0.39 is 41.0 Å². The number of rotatable bonds is 7. The summed E-state index contributed by atoms with van der Waals surface area (Å²) < 4.78 is 88.9. The summed E-state index contributed by atoms with van der Waals surface area (Å²) in [4.78, 5) is 4.26. The second kappa shape index (κ2) is 9.04. The van der Waals surface area contributed by atoms with Crippen LogP contribution in [-0.2, 0) is 16.6 Å². The van der Waals surface area contributed by atoms with Gasteiger partial charge in [0, 0.05) is 25.2 Å². The van der Waals surface area contributed by atoms with Gasteiger partial charge < -0.3 is 10.1 Å². The van der Waals surface area contributed by atoms with E-state index in [4.69, 9.17) is 4.74 Å². The molecule has 0 bridgehead atoms. The van der Waals surface area contributed by atoms with E-state index in [2.05, 4.69) is 25.7 Å². The first-order chi connectivity index (χ1) is 17.7. The van der Waals surface area contributed by atoms with Crippen LogP contribution < -0.4 is 10.1 Å². The minimum absolute atomic E-state index is 0.0724. The van der Waals surface area contributed by atoms with E-state index in [1.165, 1.54) is 11.6 Å². The predicted octanol–water partition coefficient (Wildman–Crippen LogP) is 2.89. The molecule has 0 spiro atoms. The molecule has 1 aliphatic rings. The topological polar surface area (TPSA) is 120 Å². The maximum Gasteiger partial charge on any atom is 0.281 e. The molecule has 1 fully saturated rings. The summed E-state index contributed by atoms with van der Waals surface area (Å²) in [5.41, 5.74) is 2.52. The fourth-order valence-corrected chi connectivity index (χ4v) is 5.31. The number of hydrogen-bond acceptors (Lipinski definition) is 8. The second-order valence-electron chi connectivity index (χ2n) is 9.33. The van der Waals surface area contributed by atoms with Gasteiger partial charge in [-0.3, -0.25) is 0 Å². The Morgan fingerprint density at radius 2 is 2.03 bits per heavy atom. The Kier molecular flexibility index (Phi) is 6.21. The molecule has 11 nitrogen and oxygen atoms in total. The van der Waals surface area contributed by atoms with E-state index in [1.807, 2.05) is 0 Å². The number of halogens is 4. The van der Waals surface area contributed by atoms with Crippen LogP contribution in [0.2, 0.25) is 0 Å². The zero-order valence-corrected chi connectivity index (χ0v) is 21.4. The van der Waals surface area contributed by atoms with Gasteiger partial charge in [-0.25, -0.2) is 35.2 Å². The lowest BCUT2D eigenvalue weighted by Crippen LogP contribution is -2.55. The van der Waals surface area contributed by atoms with Crippen molar-refractivity contribution in [1.82, 2.24) is 33.9 Å². The summed E-state index contributed by atoms with van der Waals surface area (Å²) in [7, 11) is -2.39. The molecule has 0 amide bonds. The van der Waals surface area contributed by atoms with Gasteiger partial charge in [0.25, 0.3) is 11.8 Å². The molecule has 5 rings (SSSR count). The van der Waals surface area contributed by atoms with Crippen LogP contribution in [0.5, 0.6) is 5.88 Å². The lowest BCUT2D eigenvalue weighted by atomic mass is 10.0. The van der Waals surface area contributed by atoms with Crippen molar-refractivity contribution in [2.24, 2.45) is 0 Å². The number of anilines is 1. The molecule has 1 N–H and O–H groups in total. The third-order valence-corrected chi connectivity index (χ3v) is 7.51. The molecule has 16 heteroatoms. The summed E-state index contributed by atoms with van der Waals surface area (Å²) in [6.45, 7) is -0.867. The van der Waals surface area contributed by atoms with E-state index in [0.29, 0.717) is 27.7 Å².